The van der Waals surface area contributed by atoms with Crippen LogP contribution in [0.4, 0.5) is 0 Å². The minimum Gasteiger partial charge on any atom is -0.0845 e. The van der Waals surface area contributed by atoms with Gasteiger partial charge < -0.3 is 0 Å². The highest BCUT2D eigenvalue weighted by atomic mass is 14.0. The molecule has 0 heterocycles. The molecule has 0 aromatic carbocycles. The molecule has 84 valence electrons. The molecule has 0 radical (unpaired) electrons. The zero-order chi connectivity index (χ0) is 11.8. The molecule has 0 aliphatic carbocycles. The Labute approximate surface area is 95.1 Å². The van der Waals surface area contributed by atoms with Crippen LogP contribution in [0.15, 0.2) is 46.6 Å². The summed E-state index contributed by atoms with van der Waals surface area (Å²) in [5, 5.41) is 0. The summed E-state index contributed by atoms with van der Waals surface area (Å²) in [6.45, 7) is 12.8. The van der Waals surface area contributed by atoms with Gasteiger partial charge in [0.05, 0.1) is 0 Å². The molecule has 0 spiro atoms. The second-order valence-electron chi connectivity index (χ2n) is 3.95. The SMILES string of the molecule is CC=C(C)C(C)=CCC=C(C)C(C)=CC. The predicted octanol–water partition coefficient (Wildman–Crippen LogP) is 5.20. The van der Waals surface area contributed by atoms with Crippen molar-refractivity contribution in [2.45, 2.75) is 48.0 Å². The smallest absolute Gasteiger partial charge is 0.0158 e. The summed E-state index contributed by atoms with van der Waals surface area (Å²) < 4.78 is 0. The van der Waals surface area contributed by atoms with Crippen molar-refractivity contribution >= 4 is 0 Å². The maximum absolute atomic E-state index is 2.28. The molecular weight excluding hydrogens is 180 g/mol. The molecule has 0 nitrogen and oxygen atoms in total. The van der Waals surface area contributed by atoms with Crippen LogP contribution in [0.25, 0.3) is 0 Å². The number of hydrogen-bond donors (Lipinski definition) is 0. The van der Waals surface area contributed by atoms with E-state index in [2.05, 4.69) is 65.8 Å². The van der Waals surface area contributed by atoms with Gasteiger partial charge in [-0.2, -0.15) is 0 Å². The van der Waals surface area contributed by atoms with Crippen LogP contribution in [0.3, 0.4) is 0 Å². The van der Waals surface area contributed by atoms with E-state index >= 15 is 0 Å². The van der Waals surface area contributed by atoms with Gasteiger partial charge in [0, 0.05) is 0 Å². The quantitative estimate of drug-likeness (QED) is 0.552. The minimum atomic E-state index is 1.02. The highest BCUT2D eigenvalue weighted by Gasteiger charge is 1.91. The van der Waals surface area contributed by atoms with E-state index in [-0.39, 0.29) is 0 Å². The van der Waals surface area contributed by atoms with Gasteiger partial charge in [-0.1, -0.05) is 46.6 Å². The van der Waals surface area contributed by atoms with Gasteiger partial charge >= 0.3 is 0 Å². The van der Waals surface area contributed by atoms with Gasteiger partial charge in [-0.15, -0.1) is 0 Å². The van der Waals surface area contributed by atoms with Crippen LogP contribution in [0.5, 0.6) is 0 Å². The second-order valence-corrected chi connectivity index (χ2v) is 3.95. The summed E-state index contributed by atoms with van der Waals surface area (Å²) in [7, 11) is 0. The lowest BCUT2D eigenvalue weighted by Crippen LogP contribution is -1.80. The predicted molar refractivity (Wildman–Crippen MR) is 71.0 cm³/mol. The molecule has 0 amide bonds. The largest absolute Gasteiger partial charge is 0.0845 e. The molecule has 0 N–H and O–H groups in total. The van der Waals surface area contributed by atoms with Crippen molar-refractivity contribution in [3.63, 3.8) is 0 Å². The zero-order valence-corrected chi connectivity index (χ0v) is 11.0. The number of hydrogen-bond acceptors (Lipinski definition) is 0. The Morgan fingerprint density at radius 3 is 1.27 bits per heavy atom. The molecule has 0 rings (SSSR count). The molecule has 0 bridgehead atoms. The number of allylic oxidation sites excluding steroid dienone is 8. The van der Waals surface area contributed by atoms with E-state index in [1.54, 1.807) is 0 Å². The molecule has 0 saturated carbocycles. The normalized spacial score (nSPS) is 15.9. The second kappa shape index (κ2) is 7.28. The van der Waals surface area contributed by atoms with Crippen LogP contribution in [-0.4, -0.2) is 0 Å². The summed E-state index contributed by atoms with van der Waals surface area (Å²) in [6.07, 6.45) is 9.89. The number of rotatable bonds is 4. The van der Waals surface area contributed by atoms with E-state index in [1.165, 1.54) is 22.3 Å². The Balaban J connectivity index is 4.42. The standard InChI is InChI=1S/C15H24/c1-7-12(3)14(5)10-9-11-15(6)13(4)8-2/h7-8,10-11H,9H2,1-6H3. The first-order valence-corrected chi connectivity index (χ1v) is 5.63. The molecule has 15 heavy (non-hydrogen) atoms. The topological polar surface area (TPSA) is 0 Å². The van der Waals surface area contributed by atoms with Gasteiger partial charge in [0.1, 0.15) is 0 Å². The fourth-order valence-corrected chi connectivity index (χ4v) is 1.19. The lowest BCUT2D eigenvalue weighted by Gasteiger charge is -2.01. The van der Waals surface area contributed by atoms with Gasteiger partial charge in [0.2, 0.25) is 0 Å². The Morgan fingerprint density at radius 1 is 0.667 bits per heavy atom. The van der Waals surface area contributed by atoms with Crippen LogP contribution in [-0.2, 0) is 0 Å². The van der Waals surface area contributed by atoms with E-state index < -0.39 is 0 Å². The van der Waals surface area contributed by atoms with Crippen LogP contribution in [0.2, 0.25) is 0 Å². The average molecular weight is 204 g/mol. The Hall–Kier alpha value is -1.04. The zero-order valence-electron chi connectivity index (χ0n) is 11.0. The van der Waals surface area contributed by atoms with E-state index in [1.807, 2.05) is 0 Å². The van der Waals surface area contributed by atoms with Crippen molar-refractivity contribution in [3.05, 3.63) is 46.6 Å². The van der Waals surface area contributed by atoms with Crippen LogP contribution in [0.1, 0.15) is 48.0 Å². The van der Waals surface area contributed by atoms with E-state index in [9.17, 15) is 0 Å². The summed E-state index contributed by atoms with van der Waals surface area (Å²) in [5.74, 6) is 0. The van der Waals surface area contributed by atoms with Crippen LogP contribution < -0.4 is 0 Å². The van der Waals surface area contributed by atoms with Crippen molar-refractivity contribution in [3.8, 4) is 0 Å². The van der Waals surface area contributed by atoms with Gasteiger partial charge in [0.25, 0.3) is 0 Å². The Kier molecular flexibility index (Phi) is 6.77. The van der Waals surface area contributed by atoms with E-state index in [0.717, 1.165) is 6.42 Å². The van der Waals surface area contributed by atoms with Crippen molar-refractivity contribution in [1.29, 1.82) is 0 Å². The molecule has 0 aromatic rings. The highest BCUT2D eigenvalue weighted by molar-refractivity contribution is 5.30. The van der Waals surface area contributed by atoms with Gasteiger partial charge in [-0.05, 0) is 48.0 Å². The average Bonchev–Trinajstić information content (AvgIpc) is 2.26. The van der Waals surface area contributed by atoms with Gasteiger partial charge in [0.15, 0.2) is 0 Å². The molecule has 0 fully saturated rings. The van der Waals surface area contributed by atoms with E-state index in [0.29, 0.717) is 0 Å². The molecule has 0 atom stereocenters. The maximum atomic E-state index is 2.28. The van der Waals surface area contributed by atoms with Crippen molar-refractivity contribution in [2.24, 2.45) is 0 Å². The van der Waals surface area contributed by atoms with Gasteiger partial charge in [-0.25, -0.2) is 0 Å². The van der Waals surface area contributed by atoms with E-state index in [4.69, 9.17) is 0 Å². The molecule has 0 aromatic heterocycles. The Morgan fingerprint density at radius 2 is 1.00 bits per heavy atom. The first-order chi connectivity index (χ1) is 7.02. The minimum absolute atomic E-state index is 1.02. The first-order valence-electron chi connectivity index (χ1n) is 5.63. The fourth-order valence-electron chi connectivity index (χ4n) is 1.19. The summed E-state index contributed by atoms with van der Waals surface area (Å²) in [6, 6.07) is 0. The third-order valence-electron chi connectivity index (χ3n) is 2.96. The lowest BCUT2D eigenvalue weighted by molar-refractivity contribution is 1.22. The molecule has 0 unspecified atom stereocenters. The van der Waals surface area contributed by atoms with Crippen molar-refractivity contribution in [2.75, 3.05) is 0 Å². The molecule has 0 saturated heterocycles. The fraction of sp³-hybridized carbons (Fsp3) is 0.467. The summed E-state index contributed by atoms with van der Waals surface area (Å²) >= 11 is 0. The first kappa shape index (κ1) is 14.0. The van der Waals surface area contributed by atoms with Crippen LogP contribution >= 0.6 is 0 Å². The van der Waals surface area contributed by atoms with Crippen molar-refractivity contribution < 1.29 is 0 Å². The third kappa shape index (κ3) is 5.41. The highest BCUT2D eigenvalue weighted by Crippen LogP contribution is 2.12. The molecular formula is C15H24. The lowest BCUT2D eigenvalue weighted by atomic mass is 10.1. The van der Waals surface area contributed by atoms with Gasteiger partial charge in [-0.3, -0.25) is 0 Å². The Bertz CT molecular complexity index is 277. The summed E-state index contributed by atoms with van der Waals surface area (Å²) in [5.41, 5.74) is 5.48. The van der Waals surface area contributed by atoms with Crippen molar-refractivity contribution in [1.82, 2.24) is 0 Å². The summed E-state index contributed by atoms with van der Waals surface area (Å²) in [4.78, 5) is 0. The molecule has 0 aliphatic rings. The third-order valence-corrected chi connectivity index (χ3v) is 2.96. The maximum Gasteiger partial charge on any atom is -0.0158 e. The monoisotopic (exact) mass is 204 g/mol. The van der Waals surface area contributed by atoms with Crippen LogP contribution in [0, 0.1) is 0 Å². The molecule has 0 heteroatoms. The molecule has 0 aliphatic heterocycles.